The summed E-state index contributed by atoms with van der Waals surface area (Å²) >= 11 is 3.55. The molecule has 0 bridgehead atoms. The van der Waals surface area contributed by atoms with E-state index in [9.17, 15) is 4.79 Å². The molecule has 1 aliphatic heterocycles. The second-order valence-electron chi connectivity index (χ2n) is 5.95. The van der Waals surface area contributed by atoms with Crippen molar-refractivity contribution in [3.63, 3.8) is 0 Å². The summed E-state index contributed by atoms with van der Waals surface area (Å²) in [5.74, 6) is 1.27. The molecule has 1 aromatic carbocycles. The fourth-order valence-electron chi connectivity index (χ4n) is 3.34. The number of hydrogen-bond donors (Lipinski definition) is 2. The first-order valence-corrected chi connectivity index (χ1v) is 8.46. The lowest BCUT2D eigenvalue weighted by Gasteiger charge is -2.31. The van der Waals surface area contributed by atoms with Crippen molar-refractivity contribution in [2.24, 2.45) is 11.7 Å². The third kappa shape index (κ3) is 2.81. The van der Waals surface area contributed by atoms with Crippen LogP contribution >= 0.6 is 15.9 Å². The number of carbonyl (C=O) groups excluding carboxylic acids is 1. The molecular weight excluding hydrogens is 332 g/mol. The van der Waals surface area contributed by atoms with Crippen LogP contribution in [0.5, 0.6) is 5.75 Å². The van der Waals surface area contributed by atoms with Gasteiger partial charge in [0.25, 0.3) is 0 Å². The molecule has 21 heavy (non-hydrogen) atoms. The Hall–Kier alpha value is -1.07. The summed E-state index contributed by atoms with van der Waals surface area (Å²) in [6.45, 7) is 2.23. The fraction of sp³-hybridized carbons (Fsp3) is 0.562. The Morgan fingerprint density at radius 2 is 2.14 bits per heavy atom. The lowest BCUT2D eigenvalue weighted by molar-refractivity contribution is -0.116. The highest BCUT2D eigenvalue weighted by Gasteiger charge is 2.30. The van der Waals surface area contributed by atoms with E-state index in [4.69, 9.17) is 10.5 Å². The van der Waals surface area contributed by atoms with Gasteiger partial charge in [-0.3, -0.25) is 4.79 Å². The zero-order chi connectivity index (χ0) is 15.0. The van der Waals surface area contributed by atoms with Crippen LogP contribution in [0.2, 0.25) is 0 Å². The number of ether oxygens (including phenoxy) is 1. The lowest BCUT2D eigenvalue weighted by atomic mass is 9.85. The normalized spacial score (nSPS) is 28.1. The fourth-order valence-corrected chi connectivity index (χ4v) is 3.79. The van der Waals surface area contributed by atoms with Gasteiger partial charge in [-0.1, -0.05) is 13.3 Å². The zero-order valence-corrected chi connectivity index (χ0v) is 13.8. The summed E-state index contributed by atoms with van der Waals surface area (Å²) < 4.78 is 7.12. The van der Waals surface area contributed by atoms with Gasteiger partial charge in [0.2, 0.25) is 5.91 Å². The quantitative estimate of drug-likeness (QED) is 0.870. The van der Waals surface area contributed by atoms with Crippen molar-refractivity contribution < 1.29 is 9.53 Å². The molecule has 1 aromatic rings. The Kier molecular flexibility index (Phi) is 4.22. The first-order chi connectivity index (χ1) is 10.1. The topological polar surface area (TPSA) is 64.3 Å². The zero-order valence-electron chi connectivity index (χ0n) is 12.2. The van der Waals surface area contributed by atoms with Crippen LogP contribution < -0.4 is 15.8 Å². The molecule has 0 spiro atoms. The van der Waals surface area contributed by atoms with Gasteiger partial charge in [0.15, 0.2) is 0 Å². The number of hydrogen-bond acceptors (Lipinski definition) is 3. The molecule has 1 heterocycles. The Morgan fingerprint density at radius 1 is 1.38 bits per heavy atom. The molecule has 114 valence electrons. The number of anilines is 1. The molecule has 1 fully saturated rings. The molecule has 0 saturated heterocycles. The molecule has 2 aliphatic rings. The summed E-state index contributed by atoms with van der Waals surface area (Å²) in [5.41, 5.74) is 7.46. The van der Waals surface area contributed by atoms with E-state index in [2.05, 4.69) is 28.2 Å². The Bertz CT molecular complexity index is 561. The minimum atomic E-state index is -0.580. The predicted octanol–water partition coefficient (Wildman–Crippen LogP) is 3.75. The van der Waals surface area contributed by atoms with Crippen molar-refractivity contribution in [3.05, 3.63) is 22.2 Å². The highest BCUT2D eigenvalue weighted by atomic mass is 79.9. The average Bonchev–Trinajstić information content (AvgIpc) is 2.75. The molecular formula is C16H21BrN2O2. The van der Waals surface area contributed by atoms with Crippen molar-refractivity contribution in [2.45, 2.75) is 51.2 Å². The molecule has 0 aromatic heterocycles. The molecule has 3 unspecified atom stereocenters. The molecule has 1 saturated carbocycles. The number of benzene rings is 1. The van der Waals surface area contributed by atoms with E-state index in [0.717, 1.165) is 34.3 Å². The smallest absolute Gasteiger partial charge is 0.245 e. The van der Waals surface area contributed by atoms with Gasteiger partial charge in [-0.2, -0.15) is 0 Å². The second kappa shape index (κ2) is 5.97. The maximum atomic E-state index is 11.6. The molecule has 1 aliphatic carbocycles. The van der Waals surface area contributed by atoms with Gasteiger partial charge in [-0.15, -0.1) is 0 Å². The van der Waals surface area contributed by atoms with E-state index < -0.39 is 6.04 Å². The molecule has 5 heteroatoms. The maximum Gasteiger partial charge on any atom is 0.245 e. The van der Waals surface area contributed by atoms with Gasteiger partial charge >= 0.3 is 0 Å². The van der Waals surface area contributed by atoms with E-state index in [1.807, 2.05) is 12.1 Å². The molecule has 1 amide bonds. The second-order valence-corrected chi connectivity index (χ2v) is 6.80. The van der Waals surface area contributed by atoms with E-state index in [1.165, 1.54) is 19.3 Å². The summed E-state index contributed by atoms with van der Waals surface area (Å²) in [7, 11) is 0. The number of amides is 1. The Balaban J connectivity index is 1.83. The average molecular weight is 353 g/mol. The Morgan fingerprint density at radius 3 is 2.90 bits per heavy atom. The van der Waals surface area contributed by atoms with Gasteiger partial charge in [0.05, 0.1) is 4.47 Å². The number of fused-ring (bicyclic) bond motifs is 1. The van der Waals surface area contributed by atoms with Gasteiger partial charge in [-0.25, -0.2) is 0 Å². The first-order valence-electron chi connectivity index (χ1n) is 7.66. The number of nitrogens with two attached hydrogens (primary N) is 1. The van der Waals surface area contributed by atoms with Crippen molar-refractivity contribution in [3.8, 4) is 5.75 Å². The summed E-state index contributed by atoms with van der Waals surface area (Å²) in [6.07, 6.45) is 6.29. The van der Waals surface area contributed by atoms with E-state index in [0.29, 0.717) is 5.92 Å². The van der Waals surface area contributed by atoms with Crippen LogP contribution in [0.4, 0.5) is 5.69 Å². The van der Waals surface area contributed by atoms with E-state index >= 15 is 0 Å². The van der Waals surface area contributed by atoms with Crippen molar-refractivity contribution >= 4 is 27.5 Å². The van der Waals surface area contributed by atoms with E-state index in [1.54, 1.807) is 0 Å². The number of nitrogens with one attached hydrogen (secondary N) is 1. The predicted molar refractivity (Wildman–Crippen MR) is 86.4 cm³/mol. The van der Waals surface area contributed by atoms with Crippen molar-refractivity contribution in [1.29, 1.82) is 0 Å². The first kappa shape index (κ1) is 14.9. The molecule has 3 N–H and O–H groups in total. The highest BCUT2D eigenvalue weighted by Crippen LogP contribution is 2.40. The standard InChI is InChI=1S/C16H21BrN2O2/c1-2-9-5-3-4-6-13(9)21-14-8-12-10(7-11(14)17)15(18)16(20)19-12/h7-9,13,15H,2-6,18H2,1H3,(H,19,20). The SMILES string of the molecule is CCC1CCCCC1Oc1cc2c(cc1Br)C(N)C(=O)N2. The lowest BCUT2D eigenvalue weighted by Crippen LogP contribution is -2.30. The summed E-state index contributed by atoms with van der Waals surface area (Å²) in [5, 5.41) is 2.81. The highest BCUT2D eigenvalue weighted by molar-refractivity contribution is 9.10. The van der Waals surface area contributed by atoms with Crippen LogP contribution in [-0.4, -0.2) is 12.0 Å². The third-order valence-electron chi connectivity index (χ3n) is 4.62. The third-order valence-corrected chi connectivity index (χ3v) is 5.24. The van der Waals surface area contributed by atoms with Crippen molar-refractivity contribution in [2.75, 3.05) is 5.32 Å². The van der Waals surface area contributed by atoms with E-state index in [-0.39, 0.29) is 12.0 Å². The minimum Gasteiger partial charge on any atom is -0.489 e. The number of carbonyl (C=O) groups is 1. The van der Waals surface area contributed by atoms with Crippen LogP contribution in [0.25, 0.3) is 0 Å². The molecule has 0 radical (unpaired) electrons. The monoisotopic (exact) mass is 352 g/mol. The molecule has 3 rings (SSSR count). The van der Waals surface area contributed by atoms with Gasteiger partial charge in [0, 0.05) is 17.3 Å². The van der Waals surface area contributed by atoms with Crippen LogP contribution in [0.3, 0.4) is 0 Å². The minimum absolute atomic E-state index is 0.154. The van der Waals surface area contributed by atoms with Crippen molar-refractivity contribution in [1.82, 2.24) is 0 Å². The maximum absolute atomic E-state index is 11.6. The van der Waals surface area contributed by atoms with Gasteiger partial charge < -0.3 is 15.8 Å². The molecule has 4 nitrogen and oxygen atoms in total. The summed E-state index contributed by atoms with van der Waals surface area (Å²) in [4.78, 5) is 11.6. The molecule has 3 atom stereocenters. The van der Waals surface area contributed by atoms with Gasteiger partial charge in [0.1, 0.15) is 17.9 Å². The van der Waals surface area contributed by atoms with Crippen LogP contribution in [0.15, 0.2) is 16.6 Å². The Labute approximate surface area is 133 Å². The number of rotatable bonds is 3. The van der Waals surface area contributed by atoms with Gasteiger partial charge in [-0.05, 0) is 53.6 Å². The largest absolute Gasteiger partial charge is 0.489 e. The number of halogens is 1. The summed E-state index contributed by atoms with van der Waals surface area (Å²) in [6, 6.07) is 3.21. The van der Waals surface area contributed by atoms with Crippen LogP contribution in [0.1, 0.15) is 50.6 Å². The van der Waals surface area contributed by atoms with Crippen LogP contribution in [-0.2, 0) is 4.79 Å². The van der Waals surface area contributed by atoms with Crippen LogP contribution in [0, 0.1) is 5.92 Å².